The molecule has 0 heterocycles. The van der Waals surface area contributed by atoms with Crippen molar-refractivity contribution >= 4 is 5.97 Å². The second-order valence-corrected chi connectivity index (χ2v) is 6.12. The van der Waals surface area contributed by atoms with Crippen LogP contribution >= 0.6 is 0 Å². The molecule has 106 valence electrons. The molecule has 19 heavy (non-hydrogen) atoms. The molecule has 0 saturated carbocycles. The first kappa shape index (κ1) is 15.7. The van der Waals surface area contributed by atoms with Gasteiger partial charge < -0.3 is 9.84 Å². The molecule has 1 N–H and O–H groups in total. The Morgan fingerprint density at radius 2 is 1.74 bits per heavy atom. The van der Waals surface area contributed by atoms with E-state index in [4.69, 9.17) is 4.74 Å². The van der Waals surface area contributed by atoms with Gasteiger partial charge in [0.2, 0.25) is 0 Å². The highest BCUT2D eigenvalue weighted by Crippen LogP contribution is 2.31. The average Bonchev–Trinajstić information content (AvgIpc) is 2.25. The summed E-state index contributed by atoms with van der Waals surface area (Å²) in [5, 5.41) is 9.36. The van der Waals surface area contributed by atoms with Gasteiger partial charge in [0, 0.05) is 7.11 Å². The Morgan fingerprint density at radius 1 is 1.26 bits per heavy atom. The number of carbonyl (C=O) groups is 1. The highest BCUT2D eigenvalue weighted by atomic mass is 16.5. The molecule has 0 aliphatic rings. The third kappa shape index (κ3) is 3.57. The topological polar surface area (TPSA) is 46.5 Å². The fourth-order valence-electron chi connectivity index (χ4n) is 2.40. The lowest BCUT2D eigenvalue weighted by molar-refractivity contribution is -0.140. The lowest BCUT2D eigenvalue weighted by Crippen LogP contribution is -2.20. The number of carboxylic acids is 1. The summed E-state index contributed by atoms with van der Waals surface area (Å²) in [5.74, 6) is -1.43. The van der Waals surface area contributed by atoms with E-state index in [1.54, 1.807) is 0 Å². The zero-order valence-electron chi connectivity index (χ0n) is 12.7. The maximum Gasteiger partial charge on any atom is 0.313 e. The van der Waals surface area contributed by atoms with Crippen LogP contribution in [0.4, 0.5) is 0 Å². The molecule has 1 aromatic rings. The number of hydrogen-bond acceptors (Lipinski definition) is 2. The predicted molar refractivity (Wildman–Crippen MR) is 76.9 cm³/mol. The molecule has 3 nitrogen and oxygen atoms in total. The van der Waals surface area contributed by atoms with Gasteiger partial charge in [-0.1, -0.05) is 32.9 Å². The first-order chi connectivity index (χ1) is 8.68. The van der Waals surface area contributed by atoms with Crippen molar-refractivity contribution in [1.29, 1.82) is 0 Å². The molecule has 1 aromatic carbocycles. The summed E-state index contributed by atoms with van der Waals surface area (Å²) in [6.45, 7) is 10.6. The Hall–Kier alpha value is -1.35. The minimum absolute atomic E-state index is 0.0635. The van der Waals surface area contributed by atoms with Crippen molar-refractivity contribution in [2.24, 2.45) is 0 Å². The van der Waals surface area contributed by atoms with Crippen molar-refractivity contribution in [3.8, 4) is 0 Å². The summed E-state index contributed by atoms with van der Waals surface area (Å²) in [5.41, 5.74) is 4.22. The Kier molecular flexibility index (Phi) is 4.75. The highest BCUT2D eigenvalue weighted by Gasteiger charge is 2.25. The summed E-state index contributed by atoms with van der Waals surface area (Å²) in [6.07, 6.45) is 0. The second kappa shape index (κ2) is 5.74. The molecule has 0 aliphatic carbocycles. The lowest BCUT2D eigenvalue weighted by Gasteiger charge is -2.24. The van der Waals surface area contributed by atoms with Crippen LogP contribution in [0, 0.1) is 13.8 Å². The van der Waals surface area contributed by atoms with E-state index in [1.165, 1.54) is 12.7 Å². The van der Waals surface area contributed by atoms with Crippen LogP contribution in [0.1, 0.15) is 48.9 Å². The van der Waals surface area contributed by atoms with Crippen LogP contribution < -0.4 is 0 Å². The maximum absolute atomic E-state index is 11.4. The zero-order valence-corrected chi connectivity index (χ0v) is 12.7. The van der Waals surface area contributed by atoms with Crippen LogP contribution in [0.25, 0.3) is 0 Å². The monoisotopic (exact) mass is 264 g/mol. The number of aliphatic carboxylic acids is 1. The fourth-order valence-corrected chi connectivity index (χ4v) is 2.40. The van der Waals surface area contributed by atoms with Gasteiger partial charge in [0.15, 0.2) is 0 Å². The number of benzene rings is 1. The molecular weight excluding hydrogens is 240 g/mol. The fraction of sp³-hybridized carbons (Fsp3) is 0.562. The van der Waals surface area contributed by atoms with Crippen LogP contribution in [-0.2, 0) is 14.9 Å². The molecule has 1 rings (SSSR count). The SMILES string of the molecule is COCC(C(=O)O)c1c(C)cc(C(C)(C)C)cc1C. The number of aryl methyl sites for hydroxylation is 2. The first-order valence-corrected chi connectivity index (χ1v) is 6.51. The molecule has 0 aromatic heterocycles. The number of carboxylic acid groups (broad SMARTS) is 1. The normalized spacial score (nSPS) is 13.4. The molecule has 1 atom stereocenters. The smallest absolute Gasteiger partial charge is 0.313 e. The summed E-state index contributed by atoms with van der Waals surface area (Å²) in [6, 6.07) is 4.18. The molecule has 0 amide bonds. The van der Waals surface area contributed by atoms with Crippen molar-refractivity contribution in [1.82, 2.24) is 0 Å². The summed E-state index contributed by atoms with van der Waals surface area (Å²) in [4.78, 5) is 11.4. The van der Waals surface area contributed by atoms with Gasteiger partial charge >= 0.3 is 5.97 Å². The van der Waals surface area contributed by atoms with Crippen molar-refractivity contribution in [2.45, 2.75) is 46.0 Å². The van der Waals surface area contributed by atoms with Gasteiger partial charge in [-0.2, -0.15) is 0 Å². The quantitative estimate of drug-likeness (QED) is 0.906. The summed E-state index contributed by atoms with van der Waals surface area (Å²) in [7, 11) is 1.53. The largest absolute Gasteiger partial charge is 0.481 e. The van der Waals surface area contributed by atoms with Crippen molar-refractivity contribution in [3.63, 3.8) is 0 Å². The van der Waals surface area contributed by atoms with E-state index in [2.05, 4.69) is 32.9 Å². The van der Waals surface area contributed by atoms with Crippen LogP contribution in [0.5, 0.6) is 0 Å². The standard InChI is InChI=1S/C16H24O3/c1-10-7-12(16(3,4)5)8-11(2)14(10)13(9-19-6)15(17)18/h7-8,13H,9H2,1-6H3,(H,17,18). The molecule has 3 heteroatoms. The van der Waals surface area contributed by atoms with Crippen LogP contribution in [-0.4, -0.2) is 24.8 Å². The maximum atomic E-state index is 11.4. The number of hydrogen-bond donors (Lipinski definition) is 1. The van der Waals surface area contributed by atoms with Crippen LogP contribution in [0.3, 0.4) is 0 Å². The third-order valence-corrected chi connectivity index (χ3v) is 3.44. The van der Waals surface area contributed by atoms with Gasteiger partial charge in [0.25, 0.3) is 0 Å². The van der Waals surface area contributed by atoms with Crippen LogP contribution in [0.15, 0.2) is 12.1 Å². The van der Waals surface area contributed by atoms with Crippen LogP contribution in [0.2, 0.25) is 0 Å². The van der Waals surface area contributed by atoms with Gasteiger partial charge in [-0.25, -0.2) is 0 Å². The molecule has 0 saturated heterocycles. The molecule has 0 spiro atoms. The summed E-state index contributed by atoms with van der Waals surface area (Å²) >= 11 is 0. The Morgan fingerprint density at radius 3 is 2.05 bits per heavy atom. The second-order valence-electron chi connectivity index (χ2n) is 6.12. The minimum Gasteiger partial charge on any atom is -0.481 e. The Labute approximate surface area is 115 Å². The van der Waals surface area contributed by atoms with Gasteiger partial charge in [-0.3, -0.25) is 4.79 Å². The average molecular weight is 264 g/mol. The lowest BCUT2D eigenvalue weighted by atomic mass is 9.81. The molecule has 0 aliphatic heterocycles. The number of methoxy groups -OCH3 is 1. The van der Waals surface area contributed by atoms with Gasteiger partial charge in [0.05, 0.1) is 6.61 Å². The van der Waals surface area contributed by atoms with Gasteiger partial charge in [-0.05, 0) is 41.5 Å². The van der Waals surface area contributed by atoms with Crippen molar-refractivity contribution < 1.29 is 14.6 Å². The molecule has 0 bridgehead atoms. The molecule has 0 fully saturated rings. The van der Waals surface area contributed by atoms with E-state index >= 15 is 0 Å². The highest BCUT2D eigenvalue weighted by molar-refractivity contribution is 5.77. The predicted octanol–water partition coefficient (Wildman–Crippen LogP) is 3.42. The van der Waals surface area contributed by atoms with Gasteiger partial charge in [0.1, 0.15) is 5.92 Å². The third-order valence-electron chi connectivity index (χ3n) is 3.44. The zero-order chi connectivity index (χ0) is 14.8. The molecular formula is C16H24O3. The van der Waals surface area contributed by atoms with E-state index in [1.807, 2.05) is 13.8 Å². The number of rotatable bonds is 4. The van der Waals surface area contributed by atoms with E-state index in [0.29, 0.717) is 0 Å². The van der Waals surface area contributed by atoms with Crippen molar-refractivity contribution in [2.75, 3.05) is 13.7 Å². The van der Waals surface area contributed by atoms with E-state index < -0.39 is 11.9 Å². The first-order valence-electron chi connectivity index (χ1n) is 6.51. The molecule has 1 unspecified atom stereocenters. The van der Waals surface area contributed by atoms with E-state index in [0.717, 1.165) is 16.7 Å². The van der Waals surface area contributed by atoms with E-state index in [9.17, 15) is 9.90 Å². The minimum atomic E-state index is -0.837. The summed E-state index contributed by atoms with van der Waals surface area (Å²) < 4.78 is 5.05. The number of ether oxygens (including phenoxy) is 1. The van der Waals surface area contributed by atoms with E-state index in [-0.39, 0.29) is 12.0 Å². The Balaban J connectivity index is 3.34. The molecule has 0 radical (unpaired) electrons. The van der Waals surface area contributed by atoms with Crippen molar-refractivity contribution in [3.05, 3.63) is 34.4 Å². The van der Waals surface area contributed by atoms with Gasteiger partial charge in [-0.15, -0.1) is 0 Å². The Bertz CT molecular complexity index is 446.